The second-order valence-electron chi connectivity index (χ2n) is 7.34. The largest absolute Gasteiger partial charge is 0.352 e. The highest BCUT2D eigenvalue weighted by Gasteiger charge is 2.26. The SMILES string of the molecule is Cc1ccccc1CN(C(=O)CCSc1ccc(Cl)cc1)[C@@H](C)C(=O)NC(C)C. The van der Waals surface area contributed by atoms with Crippen LogP contribution in [0.1, 0.15) is 38.3 Å². The number of carbonyl (C=O) groups excluding carboxylic acids is 2. The molecule has 1 N–H and O–H groups in total. The fraction of sp³-hybridized carbons (Fsp3) is 0.391. The number of carbonyl (C=O) groups is 2. The van der Waals surface area contributed by atoms with Gasteiger partial charge in [-0.15, -0.1) is 11.8 Å². The fourth-order valence-electron chi connectivity index (χ4n) is 2.89. The zero-order valence-corrected chi connectivity index (χ0v) is 19.0. The summed E-state index contributed by atoms with van der Waals surface area (Å²) in [6.07, 6.45) is 0.360. The quantitative estimate of drug-likeness (QED) is 0.562. The highest BCUT2D eigenvalue weighted by molar-refractivity contribution is 7.99. The molecule has 0 unspecified atom stereocenters. The topological polar surface area (TPSA) is 49.4 Å². The van der Waals surface area contributed by atoms with E-state index in [9.17, 15) is 9.59 Å². The lowest BCUT2D eigenvalue weighted by molar-refractivity contribution is -0.140. The number of amides is 2. The monoisotopic (exact) mass is 432 g/mol. The van der Waals surface area contributed by atoms with Crippen LogP contribution in [0.3, 0.4) is 0 Å². The highest BCUT2D eigenvalue weighted by Crippen LogP contribution is 2.22. The van der Waals surface area contributed by atoms with Gasteiger partial charge >= 0.3 is 0 Å². The van der Waals surface area contributed by atoms with E-state index in [1.807, 2.05) is 69.3 Å². The molecule has 0 bridgehead atoms. The van der Waals surface area contributed by atoms with Crippen molar-refractivity contribution in [1.29, 1.82) is 0 Å². The van der Waals surface area contributed by atoms with Gasteiger partial charge in [0.2, 0.25) is 11.8 Å². The molecule has 0 saturated heterocycles. The van der Waals surface area contributed by atoms with E-state index in [1.165, 1.54) is 0 Å². The van der Waals surface area contributed by atoms with Gasteiger partial charge in [-0.3, -0.25) is 9.59 Å². The van der Waals surface area contributed by atoms with Crippen molar-refractivity contribution in [2.24, 2.45) is 0 Å². The van der Waals surface area contributed by atoms with Gasteiger partial charge in [0.15, 0.2) is 0 Å². The maximum Gasteiger partial charge on any atom is 0.242 e. The Bertz CT molecular complexity index is 824. The number of nitrogens with zero attached hydrogens (tertiary/aromatic N) is 1. The Morgan fingerprint density at radius 1 is 1.07 bits per heavy atom. The summed E-state index contributed by atoms with van der Waals surface area (Å²) in [4.78, 5) is 28.4. The molecule has 0 heterocycles. The van der Waals surface area contributed by atoms with E-state index >= 15 is 0 Å². The Labute approximate surface area is 183 Å². The average molecular weight is 433 g/mol. The number of hydrogen-bond donors (Lipinski definition) is 1. The molecule has 0 radical (unpaired) electrons. The van der Waals surface area contributed by atoms with Crippen molar-refractivity contribution >= 4 is 35.2 Å². The third kappa shape index (κ3) is 7.41. The molecule has 2 rings (SSSR count). The van der Waals surface area contributed by atoms with Crippen LogP contribution in [0.15, 0.2) is 53.4 Å². The van der Waals surface area contributed by atoms with Gasteiger partial charge in [-0.25, -0.2) is 0 Å². The Hall–Kier alpha value is -1.98. The summed E-state index contributed by atoms with van der Waals surface area (Å²) >= 11 is 7.53. The summed E-state index contributed by atoms with van der Waals surface area (Å²) in [5.41, 5.74) is 2.16. The van der Waals surface area contributed by atoms with Crippen molar-refractivity contribution in [1.82, 2.24) is 10.2 Å². The number of thioether (sulfide) groups is 1. The molecule has 0 saturated carbocycles. The van der Waals surface area contributed by atoms with E-state index in [0.29, 0.717) is 23.7 Å². The number of benzene rings is 2. The Morgan fingerprint density at radius 3 is 2.34 bits per heavy atom. The third-order valence-electron chi connectivity index (χ3n) is 4.60. The van der Waals surface area contributed by atoms with Crippen molar-refractivity contribution in [2.75, 3.05) is 5.75 Å². The average Bonchev–Trinajstić information content (AvgIpc) is 2.67. The smallest absolute Gasteiger partial charge is 0.242 e. The maximum atomic E-state index is 13.0. The van der Waals surface area contributed by atoms with E-state index in [-0.39, 0.29) is 17.9 Å². The minimum absolute atomic E-state index is 0.0267. The van der Waals surface area contributed by atoms with Crippen LogP contribution in [0.5, 0.6) is 0 Å². The molecule has 0 spiro atoms. The Kier molecular flexibility index (Phi) is 9.05. The molecule has 4 nitrogen and oxygen atoms in total. The first kappa shape index (κ1) is 23.3. The van der Waals surface area contributed by atoms with Gasteiger partial charge < -0.3 is 10.2 Å². The lowest BCUT2D eigenvalue weighted by atomic mass is 10.1. The van der Waals surface area contributed by atoms with Gasteiger partial charge in [0, 0.05) is 34.7 Å². The fourth-order valence-corrected chi connectivity index (χ4v) is 3.86. The van der Waals surface area contributed by atoms with Gasteiger partial charge in [-0.05, 0) is 63.1 Å². The molecule has 6 heteroatoms. The van der Waals surface area contributed by atoms with Crippen LogP contribution in [0.2, 0.25) is 5.02 Å². The van der Waals surface area contributed by atoms with Gasteiger partial charge in [-0.2, -0.15) is 0 Å². The van der Waals surface area contributed by atoms with E-state index in [2.05, 4.69) is 5.32 Å². The molecular weight excluding hydrogens is 404 g/mol. The van der Waals surface area contributed by atoms with Crippen molar-refractivity contribution in [3.8, 4) is 0 Å². The van der Waals surface area contributed by atoms with Gasteiger partial charge in [0.05, 0.1) is 0 Å². The van der Waals surface area contributed by atoms with Gasteiger partial charge in [0.25, 0.3) is 0 Å². The second kappa shape index (κ2) is 11.3. The van der Waals surface area contributed by atoms with Crippen molar-refractivity contribution in [3.63, 3.8) is 0 Å². The molecular formula is C23H29ClN2O2S. The summed E-state index contributed by atoms with van der Waals surface area (Å²) in [7, 11) is 0. The van der Waals surface area contributed by atoms with Crippen molar-refractivity contribution in [3.05, 3.63) is 64.7 Å². The molecule has 0 aliphatic rings. The van der Waals surface area contributed by atoms with E-state index in [4.69, 9.17) is 11.6 Å². The normalized spacial score (nSPS) is 11.9. The molecule has 2 amide bonds. The summed E-state index contributed by atoms with van der Waals surface area (Å²) in [6, 6.07) is 15.0. The Morgan fingerprint density at radius 2 is 1.72 bits per heavy atom. The summed E-state index contributed by atoms with van der Waals surface area (Å²) < 4.78 is 0. The number of nitrogens with one attached hydrogen (secondary N) is 1. The highest BCUT2D eigenvalue weighted by atomic mass is 35.5. The summed E-state index contributed by atoms with van der Waals surface area (Å²) in [5, 5.41) is 3.61. The maximum absolute atomic E-state index is 13.0. The second-order valence-corrected chi connectivity index (χ2v) is 8.94. The molecule has 2 aromatic carbocycles. The standard InChI is InChI=1S/C23H29ClN2O2S/c1-16(2)25-23(28)18(4)26(15-19-8-6-5-7-17(19)3)22(27)13-14-29-21-11-9-20(24)10-12-21/h5-12,16,18H,13-15H2,1-4H3,(H,25,28)/t18-/m0/s1. The van der Waals surface area contributed by atoms with Gasteiger partial charge in [0.1, 0.15) is 6.04 Å². The van der Waals surface area contributed by atoms with E-state index in [0.717, 1.165) is 16.0 Å². The summed E-state index contributed by atoms with van der Waals surface area (Å²) in [6.45, 7) is 8.07. The van der Waals surface area contributed by atoms with Crippen LogP contribution < -0.4 is 5.32 Å². The van der Waals surface area contributed by atoms with E-state index < -0.39 is 6.04 Å². The molecule has 0 fully saturated rings. The van der Waals surface area contributed by atoms with Crippen LogP contribution in [-0.2, 0) is 16.1 Å². The Balaban J connectivity index is 2.07. The lowest BCUT2D eigenvalue weighted by Gasteiger charge is -2.30. The van der Waals surface area contributed by atoms with Crippen LogP contribution in [0.25, 0.3) is 0 Å². The number of hydrogen-bond acceptors (Lipinski definition) is 3. The number of halogens is 1. The molecule has 156 valence electrons. The first-order valence-electron chi connectivity index (χ1n) is 9.80. The molecule has 2 aromatic rings. The predicted octanol–water partition coefficient (Wildman–Crippen LogP) is 5.07. The lowest BCUT2D eigenvalue weighted by Crippen LogP contribution is -2.49. The van der Waals surface area contributed by atoms with E-state index in [1.54, 1.807) is 23.6 Å². The van der Waals surface area contributed by atoms with Crippen LogP contribution >= 0.6 is 23.4 Å². The van der Waals surface area contributed by atoms with Crippen LogP contribution in [0.4, 0.5) is 0 Å². The summed E-state index contributed by atoms with van der Waals surface area (Å²) in [5.74, 6) is 0.483. The zero-order chi connectivity index (χ0) is 21.4. The minimum atomic E-state index is -0.537. The van der Waals surface area contributed by atoms with Gasteiger partial charge in [-0.1, -0.05) is 35.9 Å². The molecule has 0 aliphatic heterocycles. The number of rotatable bonds is 9. The minimum Gasteiger partial charge on any atom is -0.352 e. The number of aryl methyl sites for hydroxylation is 1. The van der Waals surface area contributed by atoms with Crippen LogP contribution in [0, 0.1) is 6.92 Å². The first-order valence-corrected chi connectivity index (χ1v) is 11.2. The molecule has 0 aromatic heterocycles. The molecule has 29 heavy (non-hydrogen) atoms. The first-order chi connectivity index (χ1) is 13.8. The molecule has 0 aliphatic carbocycles. The van der Waals surface area contributed by atoms with Crippen LogP contribution in [-0.4, -0.2) is 34.6 Å². The third-order valence-corrected chi connectivity index (χ3v) is 5.86. The molecule has 1 atom stereocenters. The van der Waals surface area contributed by atoms with Crippen molar-refractivity contribution in [2.45, 2.75) is 57.6 Å². The predicted molar refractivity (Wildman–Crippen MR) is 121 cm³/mol. The zero-order valence-electron chi connectivity index (χ0n) is 17.4. The van der Waals surface area contributed by atoms with Crippen molar-refractivity contribution < 1.29 is 9.59 Å².